The van der Waals surface area contributed by atoms with Crippen molar-refractivity contribution in [2.45, 2.75) is 70.3 Å². The van der Waals surface area contributed by atoms with Crippen LogP contribution in [0.1, 0.15) is 69.8 Å². The molecule has 4 rings (SSSR count). The molecule has 0 aromatic heterocycles. The van der Waals surface area contributed by atoms with Gasteiger partial charge in [-0.3, -0.25) is 14.6 Å². The van der Waals surface area contributed by atoms with Crippen LogP contribution in [-0.4, -0.2) is 23.6 Å². The average molecular weight is 434 g/mol. The molecule has 6 heteroatoms. The fourth-order valence-corrected chi connectivity index (χ4v) is 5.35. The van der Waals surface area contributed by atoms with E-state index in [0.29, 0.717) is 27.8 Å². The highest BCUT2D eigenvalue weighted by atomic mass is 35.5. The van der Waals surface area contributed by atoms with Gasteiger partial charge in [-0.05, 0) is 63.1 Å². The Labute approximate surface area is 181 Å². The van der Waals surface area contributed by atoms with Crippen LogP contribution in [0.25, 0.3) is 0 Å². The van der Waals surface area contributed by atoms with Crippen LogP contribution >= 0.6 is 23.2 Å². The Kier molecular flexibility index (Phi) is 6.12. The molecule has 2 atom stereocenters. The van der Waals surface area contributed by atoms with Crippen molar-refractivity contribution < 1.29 is 14.3 Å². The third-order valence-corrected chi connectivity index (χ3v) is 6.78. The molecule has 4 nitrogen and oxygen atoms in total. The van der Waals surface area contributed by atoms with E-state index in [2.05, 4.69) is 4.99 Å². The highest BCUT2D eigenvalue weighted by molar-refractivity contribution is 6.35. The summed E-state index contributed by atoms with van der Waals surface area (Å²) >= 11 is 12.6. The standard InChI is InChI=1S/C23H25Cl2NO3/c1-13-20(23(28)29-15-6-3-2-4-7-15)21(16-11-10-14(24)12-17(16)25)22-18(26-13)8-5-9-19(22)27/h10-12,15,20-21H,2-9H2,1H3/t20?,21-/m0/s1. The van der Waals surface area contributed by atoms with Gasteiger partial charge in [0.15, 0.2) is 5.78 Å². The fraction of sp³-hybridized carbons (Fsp3) is 0.522. The lowest BCUT2D eigenvalue weighted by atomic mass is 9.71. The monoisotopic (exact) mass is 433 g/mol. The second kappa shape index (κ2) is 8.61. The van der Waals surface area contributed by atoms with Gasteiger partial charge in [-0.1, -0.05) is 35.7 Å². The maximum absolute atomic E-state index is 13.3. The second-order valence-corrected chi connectivity index (χ2v) is 9.05. The van der Waals surface area contributed by atoms with Gasteiger partial charge >= 0.3 is 5.97 Å². The number of benzene rings is 1. The molecule has 1 fully saturated rings. The smallest absolute Gasteiger partial charge is 0.315 e. The minimum atomic E-state index is -0.642. The van der Waals surface area contributed by atoms with Crippen LogP contribution in [0.15, 0.2) is 34.5 Å². The first-order chi connectivity index (χ1) is 14.0. The van der Waals surface area contributed by atoms with Crippen molar-refractivity contribution in [2.24, 2.45) is 10.9 Å². The van der Waals surface area contributed by atoms with Crippen molar-refractivity contribution in [3.8, 4) is 0 Å². The fourth-order valence-electron chi connectivity index (χ4n) is 4.82. The molecular formula is C23H25Cl2NO3. The highest BCUT2D eigenvalue weighted by Crippen LogP contribution is 2.46. The molecule has 3 aliphatic rings. The van der Waals surface area contributed by atoms with E-state index in [-0.39, 0.29) is 17.9 Å². The number of Topliss-reactive ketones (excluding diaryl/α,β-unsaturated/α-hetero) is 1. The van der Waals surface area contributed by atoms with Crippen LogP contribution in [0.2, 0.25) is 10.0 Å². The molecule has 1 heterocycles. The third kappa shape index (κ3) is 4.15. The molecule has 0 radical (unpaired) electrons. The summed E-state index contributed by atoms with van der Waals surface area (Å²) in [6.07, 6.45) is 7.08. The van der Waals surface area contributed by atoms with Crippen molar-refractivity contribution in [2.75, 3.05) is 0 Å². The van der Waals surface area contributed by atoms with Gasteiger partial charge < -0.3 is 4.74 Å². The van der Waals surface area contributed by atoms with Gasteiger partial charge in [0.2, 0.25) is 0 Å². The van der Waals surface area contributed by atoms with Crippen molar-refractivity contribution in [1.82, 2.24) is 0 Å². The Morgan fingerprint density at radius 2 is 1.86 bits per heavy atom. The molecule has 29 heavy (non-hydrogen) atoms. The van der Waals surface area contributed by atoms with E-state index in [0.717, 1.165) is 49.8 Å². The number of ether oxygens (including phenoxy) is 1. The molecule has 1 unspecified atom stereocenters. The zero-order chi connectivity index (χ0) is 20.5. The van der Waals surface area contributed by atoms with E-state index >= 15 is 0 Å². The summed E-state index contributed by atoms with van der Waals surface area (Å²) in [7, 11) is 0. The van der Waals surface area contributed by atoms with Gasteiger partial charge in [0.1, 0.15) is 12.0 Å². The number of allylic oxidation sites excluding steroid dienone is 2. The van der Waals surface area contributed by atoms with Crippen molar-refractivity contribution in [1.29, 1.82) is 0 Å². The molecule has 1 aromatic carbocycles. The van der Waals surface area contributed by atoms with Gasteiger partial charge in [-0.2, -0.15) is 0 Å². The summed E-state index contributed by atoms with van der Waals surface area (Å²) in [4.78, 5) is 30.9. The summed E-state index contributed by atoms with van der Waals surface area (Å²) < 4.78 is 5.91. The lowest BCUT2D eigenvalue weighted by Crippen LogP contribution is -2.39. The van der Waals surface area contributed by atoms with Crippen LogP contribution in [-0.2, 0) is 14.3 Å². The Morgan fingerprint density at radius 1 is 1.10 bits per heavy atom. The quantitative estimate of drug-likeness (QED) is 0.544. The van der Waals surface area contributed by atoms with Gasteiger partial charge in [0, 0.05) is 39.4 Å². The zero-order valence-corrected chi connectivity index (χ0v) is 18.1. The van der Waals surface area contributed by atoms with E-state index in [1.807, 2.05) is 13.0 Å². The number of aliphatic imine (C=N–C) groups is 1. The Balaban J connectivity index is 1.75. The predicted molar refractivity (Wildman–Crippen MR) is 115 cm³/mol. The number of nitrogens with zero attached hydrogens (tertiary/aromatic N) is 1. The minimum absolute atomic E-state index is 0.0500. The van der Waals surface area contributed by atoms with Crippen LogP contribution in [0.4, 0.5) is 0 Å². The maximum atomic E-state index is 13.3. The van der Waals surface area contributed by atoms with Crippen LogP contribution in [0.5, 0.6) is 0 Å². The number of hydrogen-bond acceptors (Lipinski definition) is 4. The highest BCUT2D eigenvalue weighted by Gasteiger charge is 2.44. The predicted octanol–water partition coefficient (Wildman–Crippen LogP) is 6.05. The number of carbonyl (C=O) groups excluding carboxylic acids is 2. The van der Waals surface area contributed by atoms with E-state index in [4.69, 9.17) is 27.9 Å². The number of hydrogen-bond donors (Lipinski definition) is 0. The number of esters is 1. The Bertz CT molecular complexity index is 899. The summed E-state index contributed by atoms with van der Waals surface area (Å²) in [5, 5.41) is 0.975. The summed E-state index contributed by atoms with van der Waals surface area (Å²) in [6, 6.07) is 5.23. The average Bonchev–Trinajstić information content (AvgIpc) is 2.68. The molecule has 0 spiro atoms. The van der Waals surface area contributed by atoms with Crippen molar-refractivity contribution in [3.63, 3.8) is 0 Å². The molecule has 1 aliphatic heterocycles. The van der Waals surface area contributed by atoms with E-state index in [1.54, 1.807) is 12.1 Å². The zero-order valence-electron chi connectivity index (χ0n) is 16.5. The van der Waals surface area contributed by atoms with Gasteiger partial charge in [0.25, 0.3) is 0 Å². The number of carbonyl (C=O) groups is 2. The molecular weight excluding hydrogens is 409 g/mol. The van der Waals surface area contributed by atoms with E-state index in [1.165, 1.54) is 6.42 Å². The molecule has 2 aliphatic carbocycles. The number of rotatable bonds is 3. The lowest BCUT2D eigenvalue weighted by Gasteiger charge is -2.35. The molecule has 0 N–H and O–H groups in total. The van der Waals surface area contributed by atoms with Crippen LogP contribution in [0.3, 0.4) is 0 Å². The van der Waals surface area contributed by atoms with Gasteiger partial charge in [-0.25, -0.2) is 0 Å². The van der Waals surface area contributed by atoms with E-state index in [9.17, 15) is 9.59 Å². The molecule has 1 saturated carbocycles. The summed E-state index contributed by atoms with van der Waals surface area (Å²) in [5.74, 6) is -1.37. The largest absolute Gasteiger partial charge is 0.462 e. The molecule has 1 aromatic rings. The minimum Gasteiger partial charge on any atom is -0.462 e. The molecule has 0 saturated heterocycles. The SMILES string of the molecule is CC1=NC2=C(C(=O)CCC2)[C@@H](c2ccc(Cl)cc2Cl)C1C(=O)OC1CCCCC1. The second-order valence-electron chi connectivity index (χ2n) is 8.21. The maximum Gasteiger partial charge on any atom is 0.315 e. The molecule has 0 amide bonds. The molecule has 154 valence electrons. The summed E-state index contributed by atoms with van der Waals surface area (Å²) in [6.45, 7) is 1.85. The third-order valence-electron chi connectivity index (χ3n) is 6.22. The number of halogens is 2. The first-order valence-corrected chi connectivity index (χ1v) is 11.2. The van der Waals surface area contributed by atoms with E-state index < -0.39 is 11.8 Å². The van der Waals surface area contributed by atoms with Gasteiger partial charge in [-0.15, -0.1) is 0 Å². The molecule has 0 bridgehead atoms. The topological polar surface area (TPSA) is 55.7 Å². The Hall–Kier alpha value is -1.65. The normalized spacial score (nSPS) is 25.5. The van der Waals surface area contributed by atoms with Crippen LogP contribution < -0.4 is 0 Å². The van der Waals surface area contributed by atoms with Crippen LogP contribution in [0, 0.1) is 5.92 Å². The lowest BCUT2D eigenvalue weighted by molar-refractivity contribution is -0.153. The summed E-state index contributed by atoms with van der Waals surface area (Å²) in [5.41, 5.74) is 2.84. The van der Waals surface area contributed by atoms with Crippen molar-refractivity contribution in [3.05, 3.63) is 45.1 Å². The van der Waals surface area contributed by atoms with Gasteiger partial charge in [0.05, 0.1) is 0 Å². The first kappa shape index (κ1) is 20.6. The van der Waals surface area contributed by atoms with Crippen molar-refractivity contribution >= 4 is 40.7 Å². The number of ketones is 1. The Morgan fingerprint density at radius 3 is 2.59 bits per heavy atom. The first-order valence-electron chi connectivity index (χ1n) is 10.4.